The van der Waals surface area contributed by atoms with Crippen LogP contribution in [0, 0.1) is 5.92 Å². The van der Waals surface area contributed by atoms with Gasteiger partial charge in [0.25, 0.3) is 5.91 Å². The lowest BCUT2D eigenvalue weighted by Crippen LogP contribution is -2.47. The van der Waals surface area contributed by atoms with Crippen LogP contribution in [0.4, 0.5) is 16.2 Å². The second-order valence-electron chi connectivity index (χ2n) is 10.9. The van der Waals surface area contributed by atoms with Crippen molar-refractivity contribution >= 4 is 58.3 Å². The van der Waals surface area contributed by atoms with Gasteiger partial charge in [-0.25, -0.2) is 4.79 Å². The molecule has 1 saturated heterocycles. The smallest absolute Gasteiger partial charge is 0.322 e. The fraction of sp³-hybridized carbons (Fsp3) is 0.290. The fourth-order valence-corrected chi connectivity index (χ4v) is 6.45. The number of ether oxygens (including phenoxy) is 1. The van der Waals surface area contributed by atoms with Gasteiger partial charge in [0, 0.05) is 38.0 Å². The van der Waals surface area contributed by atoms with Crippen LogP contribution in [0.15, 0.2) is 60.7 Å². The van der Waals surface area contributed by atoms with Crippen LogP contribution in [0.25, 0.3) is 0 Å². The number of amides is 5. The van der Waals surface area contributed by atoms with Crippen LogP contribution in [-0.4, -0.2) is 42.4 Å². The predicted octanol–water partition coefficient (Wildman–Crippen LogP) is 5.17. The average Bonchev–Trinajstić information content (AvgIpc) is 3.41. The first-order valence-electron chi connectivity index (χ1n) is 13.7. The minimum Gasteiger partial charge on any atom is -0.492 e. The van der Waals surface area contributed by atoms with Crippen LogP contribution in [0.2, 0.25) is 10.0 Å². The molecule has 1 aliphatic carbocycles. The standard InChI is InChI=1S/C31H28Cl2N4O5.2H2/c32-22-8-10-26(24(33)14-22)42-12-11-19-6-5-18-3-1-2-4-25(18)37(28(19)39)17-27(38)34-23-9-7-20-15-31(16-21(20)13-23)29(40)35-30(41)36-31;;/h1-4,7-10,13-14,19H,5-6,11-12,15-17H2,(H,34,38)(H2,35,36,40,41);2*1H. The number of benzene rings is 3. The van der Waals surface area contributed by atoms with E-state index >= 15 is 0 Å². The highest BCUT2D eigenvalue weighted by molar-refractivity contribution is 6.35. The van der Waals surface area contributed by atoms with Crippen LogP contribution in [0.5, 0.6) is 5.75 Å². The Labute approximate surface area is 255 Å². The van der Waals surface area contributed by atoms with Gasteiger partial charge in [-0.2, -0.15) is 0 Å². The van der Waals surface area contributed by atoms with Crippen molar-refractivity contribution in [1.82, 2.24) is 10.6 Å². The maximum atomic E-state index is 13.8. The first-order valence-corrected chi connectivity index (χ1v) is 14.5. The summed E-state index contributed by atoms with van der Waals surface area (Å²) in [4.78, 5) is 52.7. The lowest BCUT2D eigenvalue weighted by atomic mass is 9.96. The van der Waals surface area contributed by atoms with E-state index in [1.807, 2.05) is 36.4 Å². The van der Waals surface area contributed by atoms with E-state index in [4.69, 9.17) is 27.9 Å². The Morgan fingerprint density at radius 1 is 1.02 bits per heavy atom. The van der Waals surface area contributed by atoms with Crippen molar-refractivity contribution in [2.24, 2.45) is 5.92 Å². The van der Waals surface area contributed by atoms with E-state index < -0.39 is 11.6 Å². The van der Waals surface area contributed by atoms with Crippen molar-refractivity contribution in [3.05, 3.63) is 87.4 Å². The van der Waals surface area contributed by atoms with Gasteiger partial charge in [0.15, 0.2) is 0 Å². The summed E-state index contributed by atoms with van der Waals surface area (Å²) in [5, 5.41) is 8.87. The van der Waals surface area contributed by atoms with Crippen LogP contribution in [-0.2, 0) is 33.6 Å². The van der Waals surface area contributed by atoms with Gasteiger partial charge in [-0.3, -0.25) is 19.7 Å². The molecule has 2 atom stereocenters. The third-order valence-corrected chi connectivity index (χ3v) is 8.60. The monoisotopic (exact) mass is 610 g/mol. The van der Waals surface area contributed by atoms with Crippen LogP contribution < -0.4 is 25.6 Å². The number of hydrogen-bond donors (Lipinski definition) is 3. The Morgan fingerprint density at radius 2 is 1.83 bits per heavy atom. The zero-order chi connectivity index (χ0) is 29.4. The molecular formula is C31H32Cl2N4O5. The second-order valence-corrected chi connectivity index (χ2v) is 11.7. The third kappa shape index (κ3) is 5.54. The minimum absolute atomic E-state index is 0. The maximum absolute atomic E-state index is 13.8. The predicted molar refractivity (Wildman–Crippen MR) is 163 cm³/mol. The number of carbonyl (C=O) groups excluding carboxylic acids is 4. The summed E-state index contributed by atoms with van der Waals surface area (Å²) < 4.78 is 5.85. The molecule has 220 valence electrons. The van der Waals surface area contributed by atoms with Crippen molar-refractivity contribution in [2.45, 2.75) is 37.6 Å². The number of hydrogen-bond acceptors (Lipinski definition) is 5. The number of imide groups is 1. The number of fused-ring (bicyclic) bond motifs is 2. The van der Waals surface area contributed by atoms with E-state index in [0.29, 0.717) is 53.6 Å². The van der Waals surface area contributed by atoms with E-state index in [1.165, 1.54) is 0 Å². The van der Waals surface area contributed by atoms with Gasteiger partial charge in [-0.05, 0) is 72.4 Å². The van der Waals surface area contributed by atoms with Crippen LogP contribution in [0.1, 0.15) is 32.4 Å². The Morgan fingerprint density at radius 3 is 2.62 bits per heavy atom. The van der Waals surface area contributed by atoms with Crippen molar-refractivity contribution < 1.29 is 26.8 Å². The summed E-state index contributed by atoms with van der Waals surface area (Å²) in [6.07, 6.45) is 2.52. The van der Waals surface area contributed by atoms with E-state index in [-0.39, 0.29) is 39.6 Å². The molecule has 3 N–H and O–H groups in total. The number of halogens is 2. The number of anilines is 2. The van der Waals surface area contributed by atoms with Gasteiger partial charge in [-0.1, -0.05) is 47.5 Å². The van der Waals surface area contributed by atoms with Crippen molar-refractivity contribution in [3.63, 3.8) is 0 Å². The molecule has 3 aromatic rings. The number of aryl methyl sites for hydroxylation is 1. The SMILES string of the molecule is O=C(CN1C(=O)C(CCOc2ccc(Cl)cc2Cl)CCc2ccccc21)Nc1ccc2c(c1)CC1(C2)NC(=O)NC1=O.[HH].[HH]. The lowest BCUT2D eigenvalue weighted by Gasteiger charge is -2.25. The van der Waals surface area contributed by atoms with Crippen molar-refractivity contribution in [3.8, 4) is 5.75 Å². The Hall–Kier alpha value is -4.08. The van der Waals surface area contributed by atoms with Crippen LogP contribution >= 0.6 is 23.2 Å². The molecule has 9 nitrogen and oxygen atoms in total. The molecule has 42 heavy (non-hydrogen) atoms. The second kappa shape index (κ2) is 11.3. The zero-order valence-corrected chi connectivity index (χ0v) is 24.1. The summed E-state index contributed by atoms with van der Waals surface area (Å²) in [5.41, 5.74) is 3.11. The Kier molecular flexibility index (Phi) is 7.55. The zero-order valence-electron chi connectivity index (χ0n) is 22.5. The van der Waals surface area contributed by atoms with Crippen LogP contribution in [0.3, 0.4) is 0 Å². The summed E-state index contributed by atoms with van der Waals surface area (Å²) in [5.74, 6) is -0.677. The third-order valence-electron chi connectivity index (χ3n) is 8.07. The molecule has 1 spiro atoms. The highest BCUT2D eigenvalue weighted by atomic mass is 35.5. The molecule has 3 aromatic carbocycles. The number of carbonyl (C=O) groups is 4. The normalized spacial score (nSPS) is 21.0. The van der Waals surface area contributed by atoms with E-state index in [9.17, 15) is 19.2 Å². The maximum Gasteiger partial charge on any atom is 0.322 e. The molecule has 6 rings (SSSR count). The van der Waals surface area contributed by atoms with Gasteiger partial charge >= 0.3 is 6.03 Å². The fourth-order valence-electron chi connectivity index (χ4n) is 5.99. The van der Waals surface area contributed by atoms with Gasteiger partial charge < -0.3 is 20.3 Å². The average molecular weight is 612 g/mol. The van der Waals surface area contributed by atoms with Gasteiger partial charge in [0.1, 0.15) is 17.8 Å². The number of para-hydroxylation sites is 1. The van der Waals surface area contributed by atoms with E-state index in [0.717, 1.165) is 22.4 Å². The van der Waals surface area contributed by atoms with Gasteiger partial charge in [-0.15, -0.1) is 0 Å². The topological polar surface area (TPSA) is 117 Å². The summed E-state index contributed by atoms with van der Waals surface area (Å²) in [7, 11) is 0. The van der Waals surface area contributed by atoms with Crippen molar-refractivity contribution in [2.75, 3.05) is 23.4 Å². The molecule has 0 radical (unpaired) electrons. The Balaban J connectivity index is 0.00000221. The highest BCUT2D eigenvalue weighted by Gasteiger charge is 2.50. The molecule has 5 amide bonds. The molecule has 0 bridgehead atoms. The number of nitrogens with zero attached hydrogens (tertiary/aromatic N) is 1. The molecule has 2 heterocycles. The van der Waals surface area contributed by atoms with Gasteiger partial charge in [0.05, 0.1) is 11.6 Å². The summed E-state index contributed by atoms with van der Waals surface area (Å²) >= 11 is 12.2. The van der Waals surface area contributed by atoms with Gasteiger partial charge in [0.2, 0.25) is 11.8 Å². The van der Waals surface area contributed by atoms with E-state index in [1.54, 1.807) is 29.2 Å². The molecule has 2 unspecified atom stereocenters. The number of rotatable bonds is 7. The first kappa shape index (κ1) is 28.1. The molecule has 0 saturated carbocycles. The summed E-state index contributed by atoms with van der Waals surface area (Å²) in [6, 6.07) is 17.6. The largest absolute Gasteiger partial charge is 0.492 e. The molecule has 3 aliphatic rings. The lowest BCUT2D eigenvalue weighted by molar-refractivity contribution is -0.125. The highest BCUT2D eigenvalue weighted by Crippen LogP contribution is 2.35. The van der Waals surface area contributed by atoms with Crippen molar-refractivity contribution in [1.29, 1.82) is 0 Å². The van der Waals surface area contributed by atoms with E-state index in [2.05, 4.69) is 16.0 Å². The quantitative estimate of drug-likeness (QED) is 0.319. The number of nitrogens with one attached hydrogen (secondary N) is 3. The first-order chi connectivity index (χ1) is 20.2. The molecule has 11 heteroatoms. The molecule has 0 aromatic heterocycles. The number of urea groups is 1. The summed E-state index contributed by atoms with van der Waals surface area (Å²) in [6.45, 7) is 0.124. The molecule has 1 fully saturated rings. The molecular weight excluding hydrogens is 579 g/mol. The molecule has 2 aliphatic heterocycles. The minimum atomic E-state index is -0.984. The Bertz CT molecular complexity index is 1620.